The lowest BCUT2D eigenvalue weighted by Crippen LogP contribution is -2.21. The highest BCUT2D eigenvalue weighted by atomic mass is 79.9. The summed E-state index contributed by atoms with van der Waals surface area (Å²) in [6.45, 7) is 8.02. The molecule has 2 aromatic rings. The molecule has 0 saturated carbocycles. The molecule has 0 aliphatic carbocycles. The summed E-state index contributed by atoms with van der Waals surface area (Å²) in [5.74, 6) is -0.0985. The van der Waals surface area contributed by atoms with Crippen molar-refractivity contribution in [1.82, 2.24) is 5.43 Å². The number of carbonyl (C=O) groups is 1. The van der Waals surface area contributed by atoms with Gasteiger partial charge in [0.05, 0.1) is 17.0 Å². The Hall–Kier alpha value is -1.46. The van der Waals surface area contributed by atoms with E-state index in [2.05, 4.69) is 32.5 Å². The van der Waals surface area contributed by atoms with Crippen LogP contribution in [0.1, 0.15) is 33.4 Å². The fourth-order valence-corrected chi connectivity index (χ4v) is 3.58. The summed E-state index contributed by atoms with van der Waals surface area (Å²) in [4.78, 5) is 14.3. The van der Waals surface area contributed by atoms with Crippen molar-refractivity contribution in [3.05, 3.63) is 55.2 Å². The zero-order valence-electron chi connectivity index (χ0n) is 13.2. The van der Waals surface area contributed by atoms with E-state index < -0.39 is 0 Å². The number of aryl methyl sites for hydroxylation is 3. The van der Waals surface area contributed by atoms with Crippen molar-refractivity contribution in [2.24, 2.45) is 5.10 Å². The lowest BCUT2D eigenvalue weighted by atomic mass is 10.0. The van der Waals surface area contributed by atoms with Crippen LogP contribution in [-0.2, 0) is 11.2 Å². The van der Waals surface area contributed by atoms with Gasteiger partial charge in [-0.25, -0.2) is 5.43 Å². The minimum absolute atomic E-state index is 0.0985. The van der Waals surface area contributed by atoms with E-state index in [1.807, 2.05) is 45.9 Å². The zero-order chi connectivity index (χ0) is 16.3. The first-order valence-corrected chi connectivity index (χ1v) is 8.63. The molecule has 0 atom stereocenters. The molecule has 0 saturated heterocycles. The minimum atomic E-state index is -0.0985. The Balaban J connectivity index is 2.01. The number of hydrazone groups is 1. The third-order valence-electron chi connectivity index (χ3n) is 3.41. The minimum Gasteiger partial charge on any atom is -0.273 e. The molecule has 0 aliphatic rings. The van der Waals surface area contributed by atoms with E-state index in [0.29, 0.717) is 6.42 Å². The molecule has 0 bridgehead atoms. The van der Waals surface area contributed by atoms with Crippen molar-refractivity contribution in [3.8, 4) is 0 Å². The van der Waals surface area contributed by atoms with Crippen LogP contribution >= 0.6 is 27.3 Å². The van der Waals surface area contributed by atoms with Crippen LogP contribution < -0.4 is 5.43 Å². The van der Waals surface area contributed by atoms with Gasteiger partial charge >= 0.3 is 0 Å². The molecule has 1 aromatic carbocycles. The number of rotatable bonds is 4. The smallest absolute Gasteiger partial charge is 0.244 e. The fourth-order valence-electron chi connectivity index (χ4n) is 2.10. The van der Waals surface area contributed by atoms with Crippen molar-refractivity contribution in [2.75, 3.05) is 0 Å². The normalized spacial score (nSPS) is 11.6. The van der Waals surface area contributed by atoms with Crippen LogP contribution in [0.5, 0.6) is 0 Å². The Morgan fingerprint density at radius 2 is 2.00 bits per heavy atom. The summed E-state index contributed by atoms with van der Waals surface area (Å²) in [7, 11) is 0. The second-order valence-corrected chi connectivity index (χ2v) is 7.46. The Kier molecular flexibility index (Phi) is 5.53. The molecule has 0 radical (unpaired) electrons. The zero-order valence-corrected chi connectivity index (χ0v) is 15.6. The van der Waals surface area contributed by atoms with Crippen LogP contribution in [0.15, 0.2) is 33.8 Å². The second kappa shape index (κ2) is 7.20. The maximum Gasteiger partial charge on any atom is 0.244 e. The number of hydrogen-bond acceptors (Lipinski definition) is 3. The largest absolute Gasteiger partial charge is 0.273 e. The lowest BCUT2D eigenvalue weighted by molar-refractivity contribution is -0.120. The molecular formula is C17H19BrN2OS. The Morgan fingerprint density at radius 1 is 1.27 bits per heavy atom. The Bertz CT molecular complexity index is 715. The van der Waals surface area contributed by atoms with Crippen LogP contribution in [0.3, 0.4) is 0 Å². The van der Waals surface area contributed by atoms with Crippen molar-refractivity contribution >= 4 is 38.9 Å². The third-order valence-corrected chi connectivity index (χ3v) is 5.66. The van der Waals surface area contributed by atoms with E-state index in [-0.39, 0.29) is 5.91 Å². The maximum atomic E-state index is 12.0. The van der Waals surface area contributed by atoms with Crippen molar-refractivity contribution in [2.45, 2.75) is 34.1 Å². The van der Waals surface area contributed by atoms with E-state index in [4.69, 9.17) is 0 Å². The molecule has 1 N–H and O–H groups in total. The molecule has 0 spiro atoms. The first kappa shape index (κ1) is 16.9. The maximum absolute atomic E-state index is 12.0. The Labute approximate surface area is 143 Å². The highest BCUT2D eigenvalue weighted by Crippen LogP contribution is 2.26. The number of thiophene rings is 1. The highest BCUT2D eigenvalue weighted by Gasteiger charge is 2.08. The van der Waals surface area contributed by atoms with E-state index in [0.717, 1.165) is 26.2 Å². The summed E-state index contributed by atoms with van der Waals surface area (Å²) in [5, 5.41) is 4.20. The van der Waals surface area contributed by atoms with Crippen LogP contribution in [-0.4, -0.2) is 11.6 Å². The van der Waals surface area contributed by atoms with E-state index in [1.165, 1.54) is 10.4 Å². The summed E-state index contributed by atoms with van der Waals surface area (Å²) in [6.07, 6.45) is 0.343. The molecule has 22 heavy (non-hydrogen) atoms. The highest BCUT2D eigenvalue weighted by molar-refractivity contribution is 9.10. The predicted molar refractivity (Wildman–Crippen MR) is 96.7 cm³/mol. The second-order valence-electron chi connectivity index (χ2n) is 5.35. The Morgan fingerprint density at radius 3 is 2.59 bits per heavy atom. The van der Waals surface area contributed by atoms with Gasteiger partial charge in [0.2, 0.25) is 5.91 Å². The van der Waals surface area contributed by atoms with Crippen molar-refractivity contribution in [3.63, 3.8) is 0 Å². The van der Waals surface area contributed by atoms with E-state index in [1.54, 1.807) is 11.3 Å². The van der Waals surface area contributed by atoms with Gasteiger partial charge in [-0.05, 0) is 60.8 Å². The first-order valence-electron chi connectivity index (χ1n) is 7.02. The molecule has 1 amide bonds. The average molecular weight is 379 g/mol. The van der Waals surface area contributed by atoms with Gasteiger partial charge in [-0.3, -0.25) is 4.79 Å². The molecule has 5 heteroatoms. The molecule has 0 aliphatic heterocycles. The topological polar surface area (TPSA) is 41.5 Å². The SMILES string of the molecule is C/C(=N\NC(=O)Cc1ccc(C)cc1C)c1cc(Br)c(C)s1. The van der Waals surface area contributed by atoms with Crippen molar-refractivity contribution in [1.29, 1.82) is 0 Å². The number of hydrogen-bond donors (Lipinski definition) is 1. The van der Waals surface area contributed by atoms with Crippen LogP contribution in [0, 0.1) is 20.8 Å². The van der Waals surface area contributed by atoms with Gasteiger partial charge in [0.1, 0.15) is 0 Å². The summed E-state index contributed by atoms with van der Waals surface area (Å²) >= 11 is 5.14. The number of nitrogens with zero attached hydrogens (tertiary/aromatic N) is 1. The van der Waals surface area contributed by atoms with E-state index >= 15 is 0 Å². The van der Waals surface area contributed by atoms with Gasteiger partial charge in [-0.1, -0.05) is 23.8 Å². The monoisotopic (exact) mass is 378 g/mol. The number of amides is 1. The predicted octanol–water partition coefficient (Wildman–Crippen LogP) is 4.52. The van der Waals surface area contributed by atoms with E-state index in [9.17, 15) is 4.79 Å². The van der Waals surface area contributed by atoms with Crippen LogP contribution in [0.4, 0.5) is 0 Å². The summed E-state index contributed by atoms with van der Waals surface area (Å²) < 4.78 is 1.07. The molecule has 116 valence electrons. The molecular weight excluding hydrogens is 360 g/mol. The number of carbonyl (C=O) groups excluding carboxylic acids is 1. The standard InChI is InChI=1S/C17H19BrN2OS/c1-10-5-6-14(11(2)7-10)8-17(21)20-19-12(3)16-9-15(18)13(4)22-16/h5-7,9H,8H2,1-4H3,(H,20,21)/b19-12+. The number of benzene rings is 1. The van der Waals surface area contributed by atoms with Gasteiger partial charge in [-0.15, -0.1) is 11.3 Å². The summed E-state index contributed by atoms with van der Waals surface area (Å²) in [5.41, 5.74) is 6.82. The van der Waals surface area contributed by atoms with Crippen molar-refractivity contribution < 1.29 is 4.79 Å². The molecule has 0 fully saturated rings. The average Bonchev–Trinajstić information content (AvgIpc) is 2.79. The molecule has 1 heterocycles. The van der Waals surface area contributed by atoms with Gasteiger partial charge in [0.25, 0.3) is 0 Å². The number of nitrogens with one attached hydrogen (secondary N) is 1. The van der Waals surface area contributed by atoms with Crippen LogP contribution in [0.25, 0.3) is 0 Å². The molecule has 3 nitrogen and oxygen atoms in total. The van der Waals surface area contributed by atoms with Gasteiger partial charge in [0, 0.05) is 9.35 Å². The third kappa shape index (κ3) is 4.27. The molecule has 1 aromatic heterocycles. The number of halogens is 1. The van der Waals surface area contributed by atoms with Gasteiger partial charge in [-0.2, -0.15) is 5.10 Å². The first-order chi connectivity index (χ1) is 10.4. The molecule has 2 rings (SSSR count). The lowest BCUT2D eigenvalue weighted by Gasteiger charge is -2.06. The molecule has 0 unspecified atom stereocenters. The quantitative estimate of drug-likeness (QED) is 0.616. The van der Waals surface area contributed by atoms with Gasteiger partial charge in [0.15, 0.2) is 0 Å². The van der Waals surface area contributed by atoms with Gasteiger partial charge < -0.3 is 0 Å². The summed E-state index contributed by atoms with van der Waals surface area (Å²) in [6, 6.07) is 8.13. The van der Waals surface area contributed by atoms with Crippen LogP contribution in [0.2, 0.25) is 0 Å². The fraction of sp³-hybridized carbons (Fsp3) is 0.294.